The topological polar surface area (TPSA) is 78.9 Å². The second kappa shape index (κ2) is 6.94. The summed E-state index contributed by atoms with van der Waals surface area (Å²) in [5.41, 5.74) is 0.631. The zero-order valence-corrected chi connectivity index (χ0v) is 17.1. The van der Waals surface area contributed by atoms with E-state index >= 15 is 0 Å². The summed E-state index contributed by atoms with van der Waals surface area (Å²) in [5, 5.41) is 0. The Kier molecular flexibility index (Phi) is 4.32. The molecule has 5 rings (SSSR count). The molecule has 156 valence electrons. The maximum atomic E-state index is 13.2. The van der Waals surface area contributed by atoms with Crippen molar-refractivity contribution in [1.82, 2.24) is 0 Å². The van der Waals surface area contributed by atoms with Crippen LogP contribution in [0.2, 0.25) is 0 Å². The zero-order valence-electron chi connectivity index (χ0n) is 17.1. The number of carbonyl (C=O) groups excluding carboxylic acids is 3. The van der Waals surface area contributed by atoms with Crippen molar-refractivity contribution in [2.24, 2.45) is 5.92 Å². The van der Waals surface area contributed by atoms with Gasteiger partial charge < -0.3 is 14.2 Å². The van der Waals surface area contributed by atoms with Crippen molar-refractivity contribution in [2.45, 2.75) is 32.2 Å². The number of Topliss-reactive ketones (excluding diaryl/α,β-unsaturated/α-hetero) is 3. The van der Waals surface area contributed by atoms with Crippen LogP contribution in [0.1, 0.15) is 29.8 Å². The average molecular weight is 416 g/mol. The van der Waals surface area contributed by atoms with Gasteiger partial charge in [-0.2, -0.15) is 0 Å². The Morgan fingerprint density at radius 1 is 0.968 bits per heavy atom. The van der Waals surface area contributed by atoms with Gasteiger partial charge in [-0.15, -0.1) is 0 Å². The molecule has 2 aromatic rings. The summed E-state index contributed by atoms with van der Waals surface area (Å²) in [5.74, 6) is -1.91. The molecule has 0 radical (unpaired) electrons. The molecule has 2 aliphatic heterocycles. The fourth-order valence-electron chi connectivity index (χ4n) is 3.99. The first-order valence-electron chi connectivity index (χ1n) is 10.1. The Bertz CT molecular complexity index is 1170. The lowest BCUT2D eigenvalue weighted by atomic mass is 9.76. The summed E-state index contributed by atoms with van der Waals surface area (Å²) in [6.07, 6.45) is 2.05. The first kappa shape index (κ1) is 19.3. The summed E-state index contributed by atoms with van der Waals surface area (Å²) < 4.78 is 17.4. The molecular formula is C25H20O6. The minimum Gasteiger partial charge on any atom is -0.489 e. The van der Waals surface area contributed by atoms with E-state index in [-0.39, 0.29) is 22.6 Å². The highest BCUT2D eigenvalue weighted by molar-refractivity contribution is 6.26. The molecule has 6 nitrogen and oxygen atoms in total. The van der Waals surface area contributed by atoms with E-state index in [0.29, 0.717) is 12.4 Å². The minimum atomic E-state index is -1.22. The highest BCUT2D eigenvalue weighted by atomic mass is 16.5. The monoisotopic (exact) mass is 416 g/mol. The smallest absolute Gasteiger partial charge is 0.239 e. The summed E-state index contributed by atoms with van der Waals surface area (Å²) in [6, 6.07) is 14.5. The molecule has 0 bridgehead atoms. The molecule has 31 heavy (non-hydrogen) atoms. The third kappa shape index (κ3) is 3.24. The molecule has 0 spiro atoms. The lowest BCUT2D eigenvalue weighted by Crippen LogP contribution is -2.52. The molecule has 6 heteroatoms. The van der Waals surface area contributed by atoms with Crippen LogP contribution in [0.4, 0.5) is 0 Å². The zero-order chi connectivity index (χ0) is 21.8. The van der Waals surface area contributed by atoms with Crippen LogP contribution >= 0.6 is 0 Å². The Labute approximate surface area is 179 Å². The van der Waals surface area contributed by atoms with Gasteiger partial charge in [-0.25, -0.2) is 0 Å². The fourth-order valence-corrected chi connectivity index (χ4v) is 3.99. The van der Waals surface area contributed by atoms with Gasteiger partial charge in [0, 0.05) is 0 Å². The SMILES string of the molecule is CC1(C)C=CC2=C(O1)C(=O)[C@@H]1Oc3ccc(OCc4ccccc4)cc3C(=O)[C@H]1C2=O. The predicted octanol–water partition coefficient (Wildman–Crippen LogP) is 3.60. The first-order chi connectivity index (χ1) is 14.8. The summed E-state index contributed by atoms with van der Waals surface area (Å²) >= 11 is 0. The summed E-state index contributed by atoms with van der Waals surface area (Å²) in [6.45, 7) is 3.92. The van der Waals surface area contributed by atoms with Crippen LogP contribution in [-0.2, 0) is 20.9 Å². The van der Waals surface area contributed by atoms with Crippen molar-refractivity contribution >= 4 is 17.3 Å². The predicted molar refractivity (Wildman–Crippen MR) is 111 cm³/mol. The molecule has 1 aliphatic carbocycles. The molecule has 3 aliphatic rings. The Balaban J connectivity index is 1.44. The van der Waals surface area contributed by atoms with Gasteiger partial charge in [0.25, 0.3) is 0 Å². The van der Waals surface area contributed by atoms with Gasteiger partial charge in [0.2, 0.25) is 5.78 Å². The van der Waals surface area contributed by atoms with Crippen molar-refractivity contribution in [3.8, 4) is 11.5 Å². The highest BCUT2D eigenvalue weighted by Crippen LogP contribution is 2.41. The van der Waals surface area contributed by atoms with Crippen molar-refractivity contribution in [2.75, 3.05) is 0 Å². The molecule has 0 unspecified atom stereocenters. The molecule has 0 fully saturated rings. The molecule has 0 saturated heterocycles. The second-order valence-electron chi connectivity index (χ2n) is 8.32. The van der Waals surface area contributed by atoms with Crippen LogP contribution in [0.25, 0.3) is 0 Å². The number of hydrogen-bond acceptors (Lipinski definition) is 6. The van der Waals surface area contributed by atoms with E-state index in [1.54, 1.807) is 44.2 Å². The molecule has 0 N–H and O–H groups in total. The molecular weight excluding hydrogens is 396 g/mol. The fraction of sp³-hybridized carbons (Fsp3) is 0.240. The third-order valence-corrected chi connectivity index (χ3v) is 5.60. The number of ether oxygens (including phenoxy) is 3. The maximum Gasteiger partial charge on any atom is 0.239 e. The maximum absolute atomic E-state index is 13.2. The Morgan fingerprint density at radius 2 is 1.74 bits per heavy atom. The van der Waals surface area contributed by atoms with E-state index in [1.807, 2.05) is 30.3 Å². The average Bonchev–Trinajstić information content (AvgIpc) is 2.76. The molecule has 2 aromatic carbocycles. The normalized spacial score (nSPS) is 23.4. The molecule has 2 heterocycles. The number of carbonyl (C=O) groups is 3. The van der Waals surface area contributed by atoms with Crippen molar-refractivity contribution < 1.29 is 28.6 Å². The molecule has 0 aromatic heterocycles. The van der Waals surface area contributed by atoms with Gasteiger partial charge in [0.1, 0.15) is 29.6 Å². The third-order valence-electron chi connectivity index (χ3n) is 5.60. The largest absolute Gasteiger partial charge is 0.489 e. The minimum absolute atomic E-state index is 0.0298. The van der Waals surface area contributed by atoms with E-state index in [4.69, 9.17) is 14.2 Å². The quantitative estimate of drug-likeness (QED) is 0.712. The van der Waals surface area contributed by atoms with E-state index in [1.165, 1.54) is 0 Å². The Hall–Kier alpha value is -3.67. The van der Waals surface area contributed by atoms with Crippen LogP contribution in [0.15, 0.2) is 72.0 Å². The van der Waals surface area contributed by atoms with Crippen LogP contribution in [0, 0.1) is 5.92 Å². The van der Waals surface area contributed by atoms with Crippen molar-refractivity contribution in [1.29, 1.82) is 0 Å². The highest BCUT2D eigenvalue weighted by Gasteiger charge is 2.53. The first-order valence-corrected chi connectivity index (χ1v) is 10.1. The van der Waals surface area contributed by atoms with Gasteiger partial charge in [0.05, 0.1) is 11.1 Å². The van der Waals surface area contributed by atoms with Gasteiger partial charge in [-0.05, 0) is 49.8 Å². The number of benzene rings is 2. The number of hydrogen-bond donors (Lipinski definition) is 0. The lowest BCUT2D eigenvalue weighted by Gasteiger charge is -2.38. The summed E-state index contributed by atoms with van der Waals surface area (Å²) in [4.78, 5) is 39.4. The van der Waals surface area contributed by atoms with Crippen LogP contribution < -0.4 is 9.47 Å². The van der Waals surface area contributed by atoms with Gasteiger partial charge in [0.15, 0.2) is 23.4 Å². The van der Waals surface area contributed by atoms with Crippen LogP contribution in [0.5, 0.6) is 11.5 Å². The van der Waals surface area contributed by atoms with Gasteiger partial charge >= 0.3 is 0 Å². The van der Waals surface area contributed by atoms with E-state index in [0.717, 1.165) is 5.56 Å². The lowest BCUT2D eigenvalue weighted by molar-refractivity contribution is -0.137. The van der Waals surface area contributed by atoms with Crippen molar-refractivity contribution in [3.63, 3.8) is 0 Å². The van der Waals surface area contributed by atoms with E-state index in [2.05, 4.69) is 0 Å². The number of ketones is 3. The Morgan fingerprint density at radius 3 is 2.52 bits per heavy atom. The molecule has 0 saturated carbocycles. The van der Waals surface area contributed by atoms with Crippen molar-refractivity contribution in [3.05, 3.63) is 83.1 Å². The molecule has 2 atom stereocenters. The number of allylic oxidation sites excluding steroid dienone is 2. The standard InChI is InChI=1S/C25H20O6/c1-25(2)11-10-16-20(26)19-21(27)17-12-15(29-13-14-6-4-3-5-7-14)8-9-18(17)30-24(19)22(28)23(16)31-25/h3-12,19,24H,13H2,1-2H3/t19-,24-/m1/s1. The van der Waals surface area contributed by atoms with E-state index in [9.17, 15) is 14.4 Å². The van der Waals surface area contributed by atoms with E-state index < -0.39 is 35.0 Å². The van der Waals surface area contributed by atoms with Crippen LogP contribution in [-0.4, -0.2) is 29.1 Å². The number of rotatable bonds is 3. The number of fused-ring (bicyclic) bond motifs is 2. The van der Waals surface area contributed by atoms with Crippen LogP contribution in [0.3, 0.4) is 0 Å². The van der Waals surface area contributed by atoms with Gasteiger partial charge in [-0.3, -0.25) is 14.4 Å². The van der Waals surface area contributed by atoms with Gasteiger partial charge in [-0.1, -0.05) is 30.3 Å². The molecule has 0 amide bonds. The summed E-state index contributed by atoms with van der Waals surface area (Å²) in [7, 11) is 0. The second-order valence-corrected chi connectivity index (χ2v) is 8.32.